The zero-order chi connectivity index (χ0) is 12.5. The first-order chi connectivity index (χ1) is 8.29. The standard InChI is InChI=1S/C14H21N2O/c1-3-4-8-11-16-14(17)13(15-2)12-9-6-5-7-10-12/h5-7,9-10,13H,3-4,8,11H2,1-2H3,(H,16,17). The number of likely N-dealkylation sites (N-methyl/N-ethyl adjacent to an activating group) is 1. The van der Waals surface area contributed by atoms with Crippen LogP contribution in [0.25, 0.3) is 0 Å². The van der Waals surface area contributed by atoms with Gasteiger partial charge in [0.25, 0.3) is 0 Å². The highest BCUT2D eigenvalue weighted by molar-refractivity contribution is 5.83. The van der Waals surface area contributed by atoms with Crippen LogP contribution in [0.1, 0.15) is 37.8 Å². The summed E-state index contributed by atoms with van der Waals surface area (Å²) in [6, 6.07) is 9.29. The summed E-state index contributed by atoms with van der Waals surface area (Å²) in [4.78, 5) is 11.9. The second kappa shape index (κ2) is 7.85. The van der Waals surface area contributed by atoms with Crippen molar-refractivity contribution in [3.05, 3.63) is 35.9 Å². The molecule has 93 valence electrons. The normalized spacial score (nSPS) is 12.1. The van der Waals surface area contributed by atoms with Crippen LogP contribution in [0.4, 0.5) is 0 Å². The number of hydrogen-bond acceptors (Lipinski definition) is 1. The van der Waals surface area contributed by atoms with Crippen molar-refractivity contribution in [2.24, 2.45) is 0 Å². The Kier molecular flexibility index (Phi) is 6.33. The van der Waals surface area contributed by atoms with Crippen LogP contribution in [0.5, 0.6) is 0 Å². The topological polar surface area (TPSA) is 43.2 Å². The van der Waals surface area contributed by atoms with Crippen LogP contribution in [0.3, 0.4) is 0 Å². The van der Waals surface area contributed by atoms with Gasteiger partial charge >= 0.3 is 0 Å². The third kappa shape index (κ3) is 4.57. The summed E-state index contributed by atoms with van der Waals surface area (Å²) in [7, 11) is 1.68. The van der Waals surface area contributed by atoms with Crippen LogP contribution in [0.2, 0.25) is 0 Å². The largest absolute Gasteiger partial charge is 0.354 e. The number of carbonyl (C=O) groups is 1. The molecule has 3 heteroatoms. The molecule has 17 heavy (non-hydrogen) atoms. The average molecular weight is 233 g/mol. The fourth-order valence-electron chi connectivity index (χ4n) is 1.74. The fraction of sp³-hybridized carbons (Fsp3) is 0.500. The summed E-state index contributed by atoms with van der Waals surface area (Å²) in [6.07, 6.45) is 3.35. The number of unbranched alkanes of at least 4 members (excludes halogenated alkanes) is 2. The lowest BCUT2D eigenvalue weighted by Crippen LogP contribution is -2.33. The number of amides is 1. The first kappa shape index (κ1) is 13.7. The van der Waals surface area contributed by atoms with Crippen LogP contribution in [-0.4, -0.2) is 19.5 Å². The summed E-state index contributed by atoms with van der Waals surface area (Å²) in [5, 5.41) is 7.08. The molecular weight excluding hydrogens is 212 g/mol. The van der Waals surface area contributed by atoms with Crippen molar-refractivity contribution in [3.8, 4) is 0 Å². The molecule has 0 saturated heterocycles. The molecule has 1 atom stereocenters. The van der Waals surface area contributed by atoms with Crippen LogP contribution in [0, 0.1) is 0 Å². The van der Waals surface area contributed by atoms with Gasteiger partial charge in [-0.3, -0.25) is 4.79 Å². The van der Waals surface area contributed by atoms with Crippen LogP contribution < -0.4 is 10.6 Å². The molecule has 1 rings (SSSR count). The molecule has 0 saturated carbocycles. The molecule has 0 aliphatic carbocycles. The molecule has 0 fully saturated rings. The molecule has 1 radical (unpaired) electrons. The van der Waals surface area contributed by atoms with E-state index in [-0.39, 0.29) is 11.9 Å². The van der Waals surface area contributed by atoms with Gasteiger partial charge in [-0.25, -0.2) is 5.32 Å². The predicted octanol–water partition coefficient (Wildman–Crippen LogP) is 2.27. The van der Waals surface area contributed by atoms with Crippen molar-refractivity contribution in [3.63, 3.8) is 0 Å². The minimum absolute atomic E-state index is 0.00481. The molecule has 0 bridgehead atoms. The van der Waals surface area contributed by atoms with Gasteiger partial charge in [-0.15, -0.1) is 0 Å². The summed E-state index contributed by atoms with van der Waals surface area (Å²) < 4.78 is 0. The molecular formula is C14H21N2O. The maximum Gasteiger partial charge on any atom is 0.243 e. The van der Waals surface area contributed by atoms with Crippen molar-refractivity contribution in [2.45, 2.75) is 32.2 Å². The van der Waals surface area contributed by atoms with Gasteiger partial charge in [-0.2, -0.15) is 0 Å². The minimum atomic E-state index is -0.377. The molecule has 1 aromatic carbocycles. The average Bonchev–Trinajstić information content (AvgIpc) is 2.37. The van der Waals surface area contributed by atoms with E-state index >= 15 is 0 Å². The molecule has 0 aliphatic heterocycles. The van der Waals surface area contributed by atoms with Crippen molar-refractivity contribution in [1.82, 2.24) is 10.6 Å². The van der Waals surface area contributed by atoms with Gasteiger partial charge in [0, 0.05) is 13.6 Å². The molecule has 0 heterocycles. The van der Waals surface area contributed by atoms with E-state index in [0.717, 1.165) is 31.4 Å². The fourth-order valence-corrected chi connectivity index (χ4v) is 1.74. The van der Waals surface area contributed by atoms with Gasteiger partial charge in [0.05, 0.1) is 0 Å². The van der Waals surface area contributed by atoms with Crippen molar-refractivity contribution in [2.75, 3.05) is 13.6 Å². The Labute approximate surface area is 104 Å². The van der Waals surface area contributed by atoms with Crippen LogP contribution >= 0.6 is 0 Å². The molecule has 1 N–H and O–H groups in total. The Morgan fingerprint density at radius 2 is 2.00 bits per heavy atom. The SMILES string of the molecule is CCCCCNC(=O)C([N]C)c1ccccc1. The van der Waals surface area contributed by atoms with Crippen molar-refractivity contribution in [1.29, 1.82) is 0 Å². The Morgan fingerprint density at radius 3 is 2.59 bits per heavy atom. The smallest absolute Gasteiger partial charge is 0.243 e. The van der Waals surface area contributed by atoms with Gasteiger partial charge in [-0.05, 0) is 12.0 Å². The van der Waals surface area contributed by atoms with E-state index in [9.17, 15) is 4.79 Å². The van der Waals surface area contributed by atoms with E-state index in [2.05, 4.69) is 17.6 Å². The van der Waals surface area contributed by atoms with Gasteiger partial charge in [-0.1, -0.05) is 50.1 Å². The number of rotatable bonds is 7. The molecule has 1 amide bonds. The highest BCUT2D eigenvalue weighted by atomic mass is 16.2. The van der Waals surface area contributed by atoms with E-state index in [1.165, 1.54) is 0 Å². The van der Waals surface area contributed by atoms with E-state index in [1.54, 1.807) is 7.05 Å². The molecule has 0 spiro atoms. The van der Waals surface area contributed by atoms with Gasteiger partial charge in [0.1, 0.15) is 6.04 Å². The van der Waals surface area contributed by atoms with Crippen molar-refractivity contribution >= 4 is 5.91 Å². The summed E-state index contributed by atoms with van der Waals surface area (Å²) in [5.74, 6) is -0.00481. The lowest BCUT2D eigenvalue weighted by atomic mass is 10.1. The highest BCUT2D eigenvalue weighted by Gasteiger charge is 2.18. The lowest BCUT2D eigenvalue weighted by Gasteiger charge is -2.14. The van der Waals surface area contributed by atoms with E-state index < -0.39 is 0 Å². The highest BCUT2D eigenvalue weighted by Crippen LogP contribution is 2.12. The summed E-state index contributed by atoms with van der Waals surface area (Å²) >= 11 is 0. The monoisotopic (exact) mass is 233 g/mol. The predicted molar refractivity (Wildman–Crippen MR) is 69.8 cm³/mol. The summed E-state index contributed by atoms with van der Waals surface area (Å²) in [6.45, 7) is 2.89. The van der Waals surface area contributed by atoms with Crippen LogP contribution in [-0.2, 0) is 4.79 Å². The minimum Gasteiger partial charge on any atom is -0.354 e. The van der Waals surface area contributed by atoms with Crippen LogP contribution in [0.15, 0.2) is 30.3 Å². The molecule has 0 aliphatic rings. The maximum absolute atomic E-state index is 11.9. The van der Waals surface area contributed by atoms with Gasteiger partial charge < -0.3 is 5.32 Å². The quantitative estimate of drug-likeness (QED) is 0.721. The number of nitrogens with zero attached hydrogens (tertiary/aromatic N) is 1. The zero-order valence-corrected chi connectivity index (χ0v) is 10.6. The Bertz CT molecular complexity index is 324. The first-order valence-electron chi connectivity index (χ1n) is 6.21. The lowest BCUT2D eigenvalue weighted by molar-refractivity contribution is -0.123. The summed E-state index contributed by atoms with van der Waals surface area (Å²) in [5.41, 5.74) is 0.947. The first-order valence-corrected chi connectivity index (χ1v) is 6.21. The van der Waals surface area contributed by atoms with E-state index in [0.29, 0.717) is 0 Å². The second-order valence-corrected chi connectivity index (χ2v) is 4.07. The van der Waals surface area contributed by atoms with E-state index in [1.807, 2.05) is 30.3 Å². The Balaban J connectivity index is 2.48. The Morgan fingerprint density at radius 1 is 1.29 bits per heavy atom. The maximum atomic E-state index is 11.9. The third-order valence-electron chi connectivity index (χ3n) is 2.70. The van der Waals surface area contributed by atoms with Gasteiger partial charge in [0.2, 0.25) is 5.91 Å². The molecule has 3 nitrogen and oxygen atoms in total. The molecule has 0 aromatic heterocycles. The number of hydrogen-bond donors (Lipinski definition) is 1. The second-order valence-electron chi connectivity index (χ2n) is 4.07. The number of carbonyl (C=O) groups excluding carboxylic acids is 1. The van der Waals surface area contributed by atoms with Crippen molar-refractivity contribution < 1.29 is 4.79 Å². The molecule has 1 unspecified atom stereocenters. The van der Waals surface area contributed by atoms with E-state index in [4.69, 9.17) is 0 Å². The zero-order valence-electron chi connectivity index (χ0n) is 10.6. The number of benzene rings is 1. The number of nitrogens with one attached hydrogen (secondary N) is 1. The Hall–Kier alpha value is -1.35. The van der Waals surface area contributed by atoms with Gasteiger partial charge in [0.15, 0.2) is 0 Å². The molecule has 1 aromatic rings. The third-order valence-corrected chi connectivity index (χ3v) is 2.70.